The molecular weight excluding hydrogens is 360 g/mol. The zero-order chi connectivity index (χ0) is 20.3. The molecule has 5 N–H and O–H groups in total. The summed E-state index contributed by atoms with van der Waals surface area (Å²) in [6.45, 7) is -0.385. The van der Waals surface area contributed by atoms with Crippen LogP contribution >= 0.6 is 0 Å². The number of hydrogen-bond acceptors (Lipinski definition) is 8. The number of aliphatic hydroxyl groups is 2. The minimum Gasteiger partial charge on any atom is -0.446 e. The Hall–Kier alpha value is -3.15. The number of nitrogens with one attached hydrogen (secondary N) is 2. The summed E-state index contributed by atoms with van der Waals surface area (Å²) in [5, 5.41) is 34.3. The quantitative estimate of drug-likeness (QED) is 0.348. The summed E-state index contributed by atoms with van der Waals surface area (Å²) in [4.78, 5) is 26.0. The van der Waals surface area contributed by atoms with Crippen molar-refractivity contribution < 1.29 is 31.1 Å². The molecule has 0 spiro atoms. The molecule has 0 unspecified atom stereocenters. The molecule has 1 aliphatic rings. The number of anilines is 1. The van der Waals surface area contributed by atoms with Crippen LogP contribution in [0.4, 0.5) is 10.5 Å². The number of benzene rings is 1. The standard InChI is InChI=1S/C16H18N4O7/c21-12-10(8-26-16(24)17-9-4-2-1-3-5-9)27-14(13(12)22)20-7-6-11(19-25)18-15(20)23/h1-7,10,12-14,21-22,25H,8H2,(H,17,24)(H,18,19,23)/t10-,12-,13-,14-/m1/s1/i6D. The summed E-state index contributed by atoms with van der Waals surface area (Å²) in [5.41, 5.74) is -0.687. The number of aromatic amines is 1. The summed E-state index contributed by atoms with van der Waals surface area (Å²) < 4.78 is 18.9. The summed E-state index contributed by atoms with van der Waals surface area (Å²) >= 11 is 0. The van der Waals surface area contributed by atoms with Gasteiger partial charge in [0.1, 0.15) is 24.9 Å². The van der Waals surface area contributed by atoms with Crippen LogP contribution in [0.15, 0.2) is 52.5 Å². The van der Waals surface area contributed by atoms with Gasteiger partial charge in [0.05, 0.1) is 1.37 Å². The van der Waals surface area contributed by atoms with Gasteiger partial charge in [-0.1, -0.05) is 23.4 Å². The van der Waals surface area contributed by atoms with Gasteiger partial charge in [0.15, 0.2) is 11.7 Å². The largest absolute Gasteiger partial charge is 0.446 e. The Morgan fingerprint density at radius 3 is 2.81 bits per heavy atom. The van der Waals surface area contributed by atoms with Gasteiger partial charge in [-0.25, -0.2) is 9.59 Å². The van der Waals surface area contributed by atoms with Gasteiger partial charge in [0.2, 0.25) is 0 Å². The number of ether oxygens (including phenoxy) is 2. The fourth-order valence-corrected chi connectivity index (χ4v) is 2.56. The second kappa shape index (κ2) is 8.03. The van der Waals surface area contributed by atoms with Crippen LogP contribution in [0.1, 0.15) is 7.60 Å². The smallest absolute Gasteiger partial charge is 0.411 e. The Balaban J connectivity index is 1.67. The zero-order valence-electron chi connectivity index (χ0n) is 14.8. The Morgan fingerprint density at radius 2 is 2.11 bits per heavy atom. The fourth-order valence-electron chi connectivity index (χ4n) is 2.56. The van der Waals surface area contributed by atoms with E-state index in [2.05, 4.69) is 15.5 Å². The van der Waals surface area contributed by atoms with Crippen molar-refractivity contribution >= 4 is 11.8 Å². The van der Waals surface area contributed by atoms with Crippen LogP contribution in [0.2, 0.25) is 0 Å². The molecule has 27 heavy (non-hydrogen) atoms. The van der Waals surface area contributed by atoms with Crippen LogP contribution in [0.5, 0.6) is 0 Å². The molecule has 1 aliphatic heterocycles. The minimum atomic E-state index is -1.52. The summed E-state index contributed by atoms with van der Waals surface area (Å²) in [5.74, 6) is 0. The number of carbonyl (C=O) groups excluding carboxylic acids is 1. The first-order chi connectivity index (χ1) is 13.4. The topological polar surface area (TPSA) is 158 Å². The van der Waals surface area contributed by atoms with E-state index >= 15 is 0 Å². The molecule has 4 atom stereocenters. The highest BCUT2D eigenvalue weighted by molar-refractivity contribution is 5.84. The number of aromatic nitrogens is 2. The third-order valence-corrected chi connectivity index (χ3v) is 3.91. The van der Waals surface area contributed by atoms with E-state index < -0.39 is 36.3 Å². The first-order valence-corrected chi connectivity index (χ1v) is 7.91. The van der Waals surface area contributed by atoms with Crippen LogP contribution in [0.3, 0.4) is 0 Å². The lowest BCUT2D eigenvalue weighted by atomic mass is 10.1. The Labute approximate surface area is 153 Å². The van der Waals surface area contributed by atoms with Gasteiger partial charge in [0.25, 0.3) is 0 Å². The molecule has 0 radical (unpaired) electrons. The predicted molar refractivity (Wildman–Crippen MR) is 89.7 cm³/mol. The van der Waals surface area contributed by atoms with E-state index in [1.165, 1.54) is 0 Å². The van der Waals surface area contributed by atoms with Crippen LogP contribution in [0, 0.1) is 0 Å². The lowest BCUT2D eigenvalue weighted by Gasteiger charge is -2.16. The predicted octanol–water partition coefficient (Wildman–Crippen LogP) is -0.666. The van der Waals surface area contributed by atoms with E-state index in [1.54, 1.807) is 30.3 Å². The van der Waals surface area contributed by atoms with Crippen molar-refractivity contribution in [3.8, 4) is 0 Å². The SMILES string of the molecule is [2H]c1cn([C@@H]2O[C@H](COC(=O)Nc3ccccc3)[C@@H](O)[C@H]2O)c(=O)[nH]c1=NO. The van der Waals surface area contributed by atoms with E-state index in [0.717, 1.165) is 10.8 Å². The molecule has 2 aromatic rings. The molecule has 1 aromatic heterocycles. The third-order valence-electron chi connectivity index (χ3n) is 3.91. The molecule has 11 heteroatoms. The number of nitrogens with zero attached hydrogens (tertiary/aromatic N) is 2. The Bertz CT molecular complexity index is 961. The van der Waals surface area contributed by atoms with Crippen LogP contribution < -0.4 is 16.5 Å². The summed E-state index contributed by atoms with van der Waals surface area (Å²) in [6, 6.07) is 8.21. The van der Waals surface area contributed by atoms with E-state index in [4.69, 9.17) is 16.1 Å². The molecule has 144 valence electrons. The second-order valence-corrected chi connectivity index (χ2v) is 5.70. The number of carbonyl (C=O) groups is 1. The number of hydrogen-bond donors (Lipinski definition) is 5. The minimum absolute atomic E-state index is 0.339. The van der Waals surface area contributed by atoms with E-state index in [0.29, 0.717) is 5.69 Å². The zero-order valence-corrected chi connectivity index (χ0v) is 13.8. The van der Waals surface area contributed by atoms with E-state index in [-0.39, 0.29) is 18.1 Å². The van der Waals surface area contributed by atoms with Gasteiger partial charge >= 0.3 is 11.8 Å². The molecule has 1 aromatic carbocycles. The maximum atomic E-state index is 12.1. The van der Waals surface area contributed by atoms with Crippen molar-refractivity contribution in [1.29, 1.82) is 0 Å². The molecule has 1 amide bonds. The molecule has 3 rings (SSSR count). The van der Waals surface area contributed by atoms with Crippen molar-refractivity contribution in [1.82, 2.24) is 9.55 Å². The maximum Gasteiger partial charge on any atom is 0.411 e. The van der Waals surface area contributed by atoms with Crippen molar-refractivity contribution in [3.63, 3.8) is 0 Å². The number of aliphatic hydroxyl groups excluding tert-OH is 2. The molecular formula is C16H18N4O7. The lowest BCUT2D eigenvalue weighted by molar-refractivity contribution is -0.0560. The highest BCUT2D eigenvalue weighted by Gasteiger charge is 2.44. The molecule has 2 heterocycles. The van der Waals surface area contributed by atoms with Gasteiger partial charge in [0, 0.05) is 17.9 Å². The van der Waals surface area contributed by atoms with E-state index in [9.17, 15) is 19.8 Å². The molecule has 0 bridgehead atoms. The number of rotatable bonds is 4. The molecule has 0 saturated carbocycles. The van der Waals surface area contributed by atoms with Crippen molar-refractivity contribution in [2.24, 2.45) is 5.16 Å². The second-order valence-electron chi connectivity index (χ2n) is 5.70. The van der Waals surface area contributed by atoms with Crippen molar-refractivity contribution in [2.75, 3.05) is 11.9 Å². The molecule has 1 fully saturated rings. The highest BCUT2D eigenvalue weighted by Crippen LogP contribution is 2.28. The summed E-state index contributed by atoms with van der Waals surface area (Å²) in [6.07, 6.45) is -5.20. The van der Waals surface area contributed by atoms with Gasteiger partial charge in [-0.2, -0.15) is 0 Å². The maximum absolute atomic E-state index is 12.1. The monoisotopic (exact) mass is 379 g/mol. The average Bonchev–Trinajstić information content (AvgIpc) is 2.97. The Morgan fingerprint density at radius 1 is 1.37 bits per heavy atom. The van der Waals surface area contributed by atoms with E-state index in [1.807, 2.05) is 0 Å². The number of H-pyrrole nitrogens is 1. The normalized spacial score (nSPS) is 25.9. The highest BCUT2D eigenvalue weighted by atomic mass is 16.6. The number of para-hydroxylation sites is 1. The average molecular weight is 379 g/mol. The molecule has 11 nitrogen and oxygen atoms in total. The molecule has 1 saturated heterocycles. The van der Waals surface area contributed by atoms with Gasteiger partial charge in [-0.3, -0.25) is 14.9 Å². The number of amides is 1. The van der Waals surface area contributed by atoms with Crippen LogP contribution in [-0.4, -0.2) is 56.0 Å². The van der Waals surface area contributed by atoms with Crippen LogP contribution in [-0.2, 0) is 9.47 Å². The van der Waals surface area contributed by atoms with Gasteiger partial charge < -0.3 is 24.9 Å². The first-order valence-electron chi connectivity index (χ1n) is 8.41. The first kappa shape index (κ1) is 17.3. The van der Waals surface area contributed by atoms with Crippen molar-refractivity contribution in [3.05, 3.63) is 58.5 Å². The van der Waals surface area contributed by atoms with Crippen molar-refractivity contribution in [2.45, 2.75) is 24.5 Å². The third kappa shape index (κ3) is 4.16. The molecule has 0 aliphatic carbocycles. The Kier molecular flexibility index (Phi) is 5.14. The summed E-state index contributed by atoms with van der Waals surface area (Å²) in [7, 11) is 0. The lowest BCUT2D eigenvalue weighted by Crippen LogP contribution is -2.38. The van der Waals surface area contributed by atoms with Crippen LogP contribution in [0.25, 0.3) is 0 Å². The van der Waals surface area contributed by atoms with Gasteiger partial charge in [-0.05, 0) is 12.1 Å². The van der Waals surface area contributed by atoms with Gasteiger partial charge in [-0.15, -0.1) is 0 Å². The fraction of sp³-hybridized carbons (Fsp3) is 0.312.